The first kappa shape index (κ1) is 12.3. The summed E-state index contributed by atoms with van der Waals surface area (Å²) in [6.07, 6.45) is 4.32. The van der Waals surface area contributed by atoms with E-state index < -0.39 is 11.9 Å². The van der Waals surface area contributed by atoms with Gasteiger partial charge in [-0.2, -0.15) is 0 Å². The molecule has 1 N–H and O–H groups in total. The molecular formula is C15H15NO2. The molecule has 0 amide bonds. The van der Waals surface area contributed by atoms with Crippen molar-refractivity contribution in [1.82, 2.24) is 4.98 Å². The van der Waals surface area contributed by atoms with Gasteiger partial charge in [-0.25, -0.2) is 0 Å². The fraction of sp³-hybridized carbons (Fsp3) is 0.200. The van der Waals surface area contributed by atoms with Crippen LogP contribution in [-0.2, 0) is 11.2 Å². The van der Waals surface area contributed by atoms with E-state index in [0.29, 0.717) is 0 Å². The molecule has 1 heterocycles. The van der Waals surface area contributed by atoms with Crippen molar-refractivity contribution < 1.29 is 9.90 Å². The Balaban J connectivity index is 2.20. The summed E-state index contributed by atoms with van der Waals surface area (Å²) in [6.45, 7) is 1.70. The molecule has 0 spiro atoms. The standard InChI is InChI=1S/C15H15NO2/c1-11(15(17)18)14-4-2-3-13(10-14)9-12-5-7-16-8-6-12/h2-8,10-11H,9H2,1H3,(H,17,18). The van der Waals surface area contributed by atoms with Crippen LogP contribution in [-0.4, -0.2) is 16.1 Å². The Bertz CT molecular complexity index is 537. The molecule has 0 radical (unpaired) electrons. The van der Waals surface area contributed by atoms with Gasteiger partial charge in [0.2, 0.25) is 0 Å². The van der Waals surface area contributed by atoms with E-state index in [1.54, 1.807) is 19.3 Å². The number of carboxylic acids is 1. The maximum Gasteiger partial charge on any atom is 0.310 e. The van der Waals surface area contributed by atoms with Gasteiger partial charge in [0.25, 0.3) is 0 Å². The van der Waals surface area contributed by atoms with Crippen LogP contribution < -0.4 is 0 Å². The molecule has 2 aromatic rings. The minimum atomic E-state index is -0.795. The van der Waals surface area contributed by atoms with Gasteiger partial charge in [0, 0.05) is 12.4 Å². The van der Waals surface area contributed by atoms with E-state index in [-0.39, 0.29) is 0 Å². The van der Waals surface area contributed by atoms with Crippen molar-refractivity contribution in [2.45, 2.75) is 19.3 Å². The molecule has 0 aliphatic carbocycles. The average molecular weight is 241 g/mol. The summed E-state index contributed by atoms with van der Waals surface area (Å²) in [7, 11) is 0. The van der Waals surface area contributed by atoms with Gasteiger partial charge in [0.1, 0.15) is 0 Å². The predicted molar refractivity (Wildman–Crippen MR) is 69.5 cm³/mol. The van der Waals surface area contributed by atoms with E-state index in [0.717, 1.165) is 17.5 Å². The molecule has 18 heavy (non-hydrogen) atoms. The highest BCUT2D eigenvalue weighted by Gasteiger charge is 2.13. The Morgan fingerprint density at radius 2 is 1.94 bits per heavy atom. The van der Waals surface area contributed by atoms with Crippen molar-refractivity contribution in [2.24, 2.45) is 0 Å². The van der Waals surface area contributed by atoms with Crippen LogP contribution in [0.2, 0.25) is 0 Å². The SMILES string of the molecule is CC(C(=O)O)c1cccc(Cc2ccncc2)c1. The van der Waals surface area contributed by atoms with Crippen molar-refractivity contribution in [3.8, 4) is 0 Å². The highest BCUT2D eigenvalue weighted by molar-refractivity contribution is 5.75. The summed E-state index contributed by atoms with van der Waals surface area (Å²) in [5.41, 5.74) is 3.13. The Morgan fingerprint density at radius 3 is 2.61 bits per heavy atom. The van der Waals surface area contributed by atoms with Crippen molar-refractivity contribution >= 4 is 5.97 Å². The molecule has 0 saturated carbocycles. The topological polar surface area (TPSA) is 50.2 Å². The van der Waals surface area contributed by atoms with Crippen LogP contribution in [0.25, 0.3) is 0 Å². The van der Waals surface area contributed by atoms with Gasteiger partial charge in [-0.3, -0.25) is 9.78 Å². The second-order valence-electron chi connectivity index (χ2n) is 4.34. The molecule has 1 atom stereocenters. The number of aromatic nitrogens is 1. The van der Waals surface area contributed by atoms with Crippen LogP contribution in [0.15, 0.2) is 48.8 Å². The van der Waals surface area contributed by atoms with Crippen molar-refractivity contribution in [2.75, 3.05) is 0 Å². The molecule has 1 aromatic carbocycles. The van der Waals surface area contributed by atoms with Crippen LogP contribution in [0.5, 0.6) is 0 Å². The van der Waals surface area contributed by atoms with E-state index in [1.165, 1.54) is 5.56 Å². The molecule has 3 nitrogen and oxygen atoms in total. The quantitative estimate of drug-likeness (QED) is 0.895. The summed E-state index contributed by atoms with van der Waals surface area (Å²) in [4.78, 5) is 14.9. The zero-order chi connectivity index (χ0) is 13.0. The minimum Gasteiger partial charge on any atom is -0.481 e. The van der Waals surface area contributed by atoms with Crippen molar-refractivity contribution in [3.63, 3.8) is 0 Å². The monoisotopic (exact) mass is 241 g/mol. The third kappa shape index (κ3) is 2.94. The summed E-state index contributed by atoms with van der Waals surface area (Å²) in [6, 6.07) is 11.7. The lowest BCUT2D eigenvalue weighted by molar-refractivity contribution is -0.138. The van der Waals surface area contributed by atoms with Gasteiger partial charge >= 0.3 is 5.97 Å². The first-order chi connectivity index (χ1) is 8.66. The van der Waals surface area contributed by atoms with Gasteiger partial charge < -0.3 is 5.11 Å². The average Bonchev–Trinajstić information content (AvgIpc) is 2.39. The number of aliphatic carboxylic acids is 1. The van der Waals surface area contributed by atoms with E-state index in [1.807, 2.05) is 36.4 Å². The van der Waals surface area contributed by atoms with Crippen LogP contribution in [0.1, 0.15) is 29.5 Å². The Hall–Kier alpha value is -2.16. The van der Waals surface area contributed by atoms with E-state index in [9.17, 15) is 4.79 Å². The number of nitrogens with zero attached hydrogens (tertiary/aromatic N) is 1. The Morgan fingerprint density at radius 1 is 1.22 bits per heavy atom. The van der Waals surface area contributed by atoms with Gasteiger partial charge in [0.05, 0.1) is 5.92 Å². The fourth-order valence-corrected chi connectivity index (χ4v) is 1.85. The lowest BCUT2D eigenvalue weighted by Gasteiger charge is -2.09. The first-order valence-corrected chi connectivity index (χ1v) is 5.87. The summed E-state index contributed by atoms with van der Waals surface area (Å²) in [5, 5.41) is 9.01. The van der Waals surface area contributed by atoms with Gasteiger partial charge in [-0.15, -0.1) is 0 Å². The van der Waals surface area contributed by atoms with Crippen molar-refractivity contribution in [1.29, 1.82) is 0 Å². The van der Waals surface area contributed by atoms with Crippen LogP contribution >= 0.6 is 0 Å². The van der Waals surface area contributed by atoms with Crippen molar-refractivity contribution in [3.05, 3.63) is 65.5 Å². The molecule has 2 rings (SSSR count). The molecule has 1 aromatic heterocycles. The molecule has 1 unspecified atom stereocenters. The van der Waals surface area contributed by atoms with Crippen LogP contribution in [0.4, 0.5) is 0 Å². The van der Waals surface area contributed by atoms with Crippen LogP contribution in [0, 0.1) is 0 Å². The maximum absolute atomic E-state index is 11.0. The number of benzene rings is 1. The molecular weight excluding hydrogens is 226 g/mol. The largest absolute Gasteiger partial charge is 0.481 e. The van der Waals surface area contributed by atoms with Gasteiger partial charge in [0.15, 0.2) is 0 Å². The third-order valence-electron chi connectivity index (χ3n) is 2.98. The summed E-state index contributed by atoms with van der Waals surface area (Å²) >= 11 is 0. The molecule has 0 aliphatic rings. The lowest BCUT2D eigenvalue weighted by Crippen LogP contribution is -2.07. The third-order valence-corrected chi connectivity index (χ3v) is 2.98. The number of carbonyl (C=O) groups is 1. The number of pyridine rings is 1. The second-order valence-corrected chi connectivity index (χ2v) is 4.34. The molecule has 0 aliphatic heterocycles. The molecule has 92 valence electrons. The molecule has 3 heteroatoms. The fourth-order valence-electron chi connectivity index (χ4n) is 1.85. The highest BCUT2D eigenvalue weighted by Crippen LogP contribution is 2.18. The van der Waals surface area contributed by atoms with Gasteiger partial charge in [-0.05, 0) is 42.2 Å². The van der Waals surface area contributed by atoms with Gasteiger partial charge in [-0.1, -0.05) is 24.3 Å². The minimum absolute atomic E-state index is 0.470. The molecule has 0 saturated heterocycles. The number of hydrogen-bond donors (Lipinski definition) is 1. The number of rotatable bonds is 4. The normalized spacial score (nSPS) is 12.1. The smallest absolute Gasteiger partial charge is 0.310 e. The Labute approximate surface area is 106 Å². The maximum atomic E-state index is 11.0. The zero-order valence-corrected chi connectivity index (χ0v) is 10.2. The highest BCUT2D eigenvalue weighted by atomic mass is 16.4. The summed E-state index contributed by atoms with van der Waals surface area (Å²) in [5.74, 6) is -1.27. The molecule has 0 bridgehead atoms. The number of hydrogen-bond acceptors (Lipinski definition) is 2. The number of carboxylic acid groups (broad SMARTS) is 1. The first-order valence-electron chi connectivity index (χ1n) is 5.87. The van der Waals surface area contributed by atoms with E-state index in [4.69, 9.17) is 5.11 Å². The van der Waals surface area contributed by atoms with E-state index in [2.05, 4.69) is 4.98 Å². The van der Waals surface area contributed by atoms with Crippen LogP contribution in [0.3, 0.4) is 0 Å². The zero-order valence-electron chi connectivity index (χ0n) is 10.2. The van der Waals surface area contributed by atoms with E-state index >= 15 is 0 Å². The predicted octanol–water partition coefficient (Wildman–Crippen LogP) is 2.86. The lowest BCUT2D eigenvalue weighted by atomic mass is 9.97. The molecule has 0 fully saturated rings. The second kappa shape index (κ2) is 5.45. The summed E-state index contributed by atoms with van der Waals surface area (Å²) < 4.78 is 0. The Kier molecular flexibility index (Phi) is 3.72.